The fourth-order valence-electron chi connectivity index (χ4n) is 7.07. The number of carbonyl (C=O) groups excluding carboxylic acids is 3. The van der Waals surface area contributed by atoms with Crippen molar-refractivity contribution < 1.29 is 47.5 Å². The molecule has 0 unspecified atom stereocenters. The summed E-state index contributed by atoms with van der Waals surface area (Å²) in [5.74, 6) is 0.821. The summed E-state index contributed by atoms with van der Waals surface area (Å²) in [5, 5.41) is 3.11. The Morgan fingerprint density at radius 3 is 2.32 bits per heavy atom. The Morgan fingerprint density at radius 1 is 0.867 bits per heavy atom. The van der Waals surface area contributed by atoms with Gasteiger partial charge in [-0.3, -0.25) is 23.9 Å². The maximum Gasteiger partial charge on any atom is 0.407 e. The number of fused-ring (bicyclic) bond motifs is 2. The van der Waals surface area contributed by atoms with Gasteiger partial charge >= 0.3 is 6.09 Å². The molecule has 0 saturated carbocycles. The lowest BCUT2D eigenvalue weighted by Gasteiger charge is -2.34. The number of rotatable bonds is 20. The number of carbonyl (C=O) groups is 3. The first-order valence-corrected chi connectivity index (χ1v) is 20.2. The molecule has 2 aliphatic rings. The molecule has 0 bridgehead atoms. The highest BCUT2D eigenvalue weighted by Crippen LogP contribution is 2.29. The van der Waals surface area contributed by atoms with Gasteiger partial charge in [0.05, 0.1) is 74.9 Å². The van der Waals surface area contributed by atoms with E-state index in [-0.39, 0.29) is 49.6 Å². The number of imide groups is 1. The molecule has 0 spiro atoms. The molecule has 1 aromatic heterocycles. The number of hydrogen-bond acceptors (Lipinski definition) is 13. The largest absolute Gasteiger partial charge is 0.493 e. The number of benzene rings is 3. The van der Waals surface area contributed by atoms with Gasteiger partial charge in [0.1, 0.15) is 18.0 Å². The number of aryl methyl sites for hydroxylation is 1. The van der Waals surface area contributed by atoms with E-state index >= 15 is 0 Å². The summed E-state index contributed by atoms with van der Waals surface area (Å²) >= 11 is 0. The molecule has 2 aliphatic heterocycles. The van der Waals surface area contributed by atoms with E-state index in [1.54, 1.807) is 63.8 Å². The Balaban J connectivity index is 1.10. The number of morpholine rings is 1. The second-order valence-corrected chi connectivity index (χ2v) is 15.4. The van der Waals surface area contributed by atoms with Gasteiger partial charge in [0, 0.05) is 51.9 Å². The molecule has 1 saturated heterocycles. The van der Waals surface area contributed by atoms with Crippen LogP contribution in [-0.2, 0) is 43.1 Å². The number of methoxy groups -OCH3 is 2. The standard InChI is InChI=1S/C44H55N5O11/c1-44(2,3)60-43(53)45-16-20-56-22-23-57-24-25-59-38-26-30(10-13-37(38)55-5)14-17-48-39(15-18-49-40(50)33-8-6-7-9-34(33)41(49)51)46-36-27-31(11-12-35(36)42(48)52)47-19-21-58-32(28-47)29-54-4/h6-13,26-27,32H,14-25,28-29H2,1-5H3,(H,45,53)/t32-/m1/s1. The number of anilines is 1. The zero-order chi connectivity index (χ0) is 42.6. The number of ether oxygens (including phenoxy) is 7. The van der Waals surface area contributed by atoms with Crippen LogP contribution in [0.3, 0.4) is 0 Å². The fourth-order valence-corrected chi connectivity index (χ4v) is 7.07. The Labute approximate surface area is 349 Å². The number of hydrogen-bond donors (Lipinski definition) is 1. The van der Waals surface area contributed by atoms with E-state index in [2.05, 4.69) is 10.2 Å². The van der Waals surface area contributed by atoms with Gasteiger partial charge in [-0.15, -0.1) is 0 Å². The number of amides is 3. The van der Waals surface area contributed by atoms with Crippen LogP contribution in [0.15, 0.2) is 65.5 Å². The molecular weight excluding hydrogens is 775 g/mol. The Hall–Kier alpha value is -5.55. The second kappa shape index (κ2) is 20.6. The normalized spacial score (nSPS) is 15.4. The molecule has 1 atom stereocenters. The number of nitrogens with zero attached hydrogens (tertiary/aromatic N) is 4. The lowest BCUT2D eigenvalue weighted by molar-refractivity contribution is -0.0100. The second-order valence-electron chi connectivity index (χ2n) is 15.4. The number of alkyl carbamates (subject to hydrolysis) is 1. The highest BCUT2D eigenvalue weighted by molar-refractivity contribution is 6.21. The van der Waals surface area contributed by atoms with Crippen molar-refractivity contribution >= 4 is 34.5 Å². The van der Waals surface area contributed by atoms with Gasteiger partial charge in [-0.25, -0.2) is 9.78 Å². The van der Waals surface area contributed by atoms with E-state index in [9.17, 15) is 19.2 Å². The zero-order valence-corrected chi connectivity index (χ0v) is 35.0. The smallest absolute Gasteiger partial charge is 0.407 e. The Morgan fingerprint density at radius 2 is 1.60 bits per heavy atom. The third-order valence-corrected chi connectivity index (χ3v) is 9.94. The van der Waals surface area contributed by atoms with Crippen molar-refractivity contribution in [2.45, 2.75) is 51.9 Å². The van der Waals surface area contributed by atoms with E-state index < -0.39 is 11.7 Å². The molecule has 1 N–H and O–H groups in total. The van der Waals surface area contributed by atoms with Gasteiger partial charge in [0.15, 0.2) is 11.5 Å². The molecule has 3 amide bonds. The van der Waals surface area contributed by atoms with Gasteiger partial charge in [-0.05, 0) is 75.2 Å². The van der Waals surface area contributed by atoms with Crippen molar-refractivity contribution in [2.75, 3.05) is 91.5 Å². The van der Waals surface area contributed by atoms with Crippen LogP contribution in [0.2, 0.25) is 0 Å². The predicted octanol–water partition coefficient (Wildman–Crippen LogP) is 4.27. The summed E-state index contributed by atoms with van der Waals surface area (Å²) in [5.41, 5.74) is 2.30. The quantitative estimate of drug-likeness (QED) is 0.0992. The topological polar surface area (TPSA) is 169 Å². The first-order chi connectivity index (χ1) is 29.0. The minimum atomic E-state index is -0.561. The van der Waals surface area contributed by atoms with Crippen molar-refractivity contribution in [1.82, 2.24) is 19.8 Å². The minimum Gasteiger partial charge on any atom is -0.493 e. The van der Waals surface area contributed by atoms with E-state index in [0.29, 0.717) is 105 Å². The molecule has 4 aromatic rings. The molecule has 6 rings (SSSR count). The fraction of sp³-hybridized carbons (Fsp3) is 0.477. The summed E-state index contributed by atoms with van der Waals surface area (Å²) in [7, 11) is 3.21. The molecule has 16 heteroatoms. The zero-order valence-electron chi connectivity index (χ0n) is 35.0. The van der Waals surface area contributed by atoms with Crippen molar-refractivity contribution in [3.8, 4) is 11.5 Å². The molecule has 0 radical (unpaired) electrons. The summed E-state index contributed by atoms with van der Waals surface area (Å²) in [6.45, 7) is 10.0. The molecule has 3 aromatic carbocycles. The average molecular weight is 830 g/mol. The summed E-state index contributed by atoms with van der Waals surface area (Å²) in [4.78, 5) is 60.9. The lowest BCUT2D eigenvalue weighted by Crippen LogP contribution is -2.44. The molecule has 0 aliphatic carbocycles. The van der Waals surface area contributed by atoms with Crippen molar-refractivity contribution in [1.29, 1.82) is 0 Å². The average Bonchev–Trinajstić information content (AvgIpc) is 3.47. The Kier molecular flexibility index (Phi) is 15.1. The van der Waals surface area contributed by atoms with Crippen LogP contribution in [0.5, 0.6) is 11.5 Å². The molecular formula is C44H55N5O11. The first-order valence-electron chi connectivity index (χ1n) is 20.2. The highest BCUT2D eigenvalue weighted by atomic mass is 16.6. The summed E-state index contributed by atoms with van der Waals surface area (Å²) in [6.07, 6.45) is 0.0684. The molecule has 1 fully saturated rings. The third-order valence-electron chi connectivity index (χ3n) is 9.94. The van der Waals surface area contributed by atoms with E-state index in [1.165, 1.54) is 4.90 Å². The molecule has 322 valence electrons. The van der Waals surface area contributed by atoms with Gasteiger partial charge in [0.2, 0.25) is 0 Å². The molecule has 16 nitrogen and oxygen atoms in total. The van der Waals surface area contributed by atoms with Crippen molar-refractivity contribution in [3.05, 3.63) is 93.5 Å². The van der Waals surface area contributed by atoms with E-state index in [1.807, 2.05) is 36.4 Å². The van der Waals surface area contributed by atoms with Crippen LogP contribution >= 0.6 is 0 Å². The van der Waals surface area contributed by atoms with Gasteiger partial charge < -0.3 is 43.4 Å². The van der Waals surface area contributed by atoms with Crippen LogP contribution < -0.4 is 25.2 Å². The highest BCUT2D eigenvalue weighted by Gasteiger charge is 2.35. The minimum absolute atomic E-state index is 0.0617. The van der Waals surface area contributed by atoms with Crippen LogP contribution in [0.1, 0.15) is 52.9 Å². The van der Waals surface area contributed by atoms with Crippen molar-refractivity contribution in [2.24, 2.45) is 0 Å². The third kappa shape index (κ3) is 11.4. The summed E-state index contributed by atoms with van der Waals surface area (Å²) in [6, 6.07) is 18.0. The lowest BCUT2D eigenvalue weighted by atomic mass is 10.1. The van der Waals surface area contributed by atoms with Crippen LogP contribution in [-0.4, -0.2) is 131 Å². The predicted molar refractivity (Wildman–Crippen MR) is 223 cm³/mol. The van der Waals surface area contributed by atoms with Gasteiger partial charge in [-0.2, -0.15) is 0 Å². The monoisotopic (exact) mass is 829 g/mol. The van der Waals surface area contributed by atoms with E-state index in [0.717, 1.165) is 11.3 Å². The van der Waals surface area contributed by atoms with Gasteiger partial charge in [0.25, 0.3) is 17.4 Å². The van der Waals surface area contributed by atoms with Gasteiger partial charge in [-0.1, -0.05) is 18.2 Å². The van der Waals surface area contributed by atoms with E-state index in [4.69, 9.17) is 38.1 Å². The summed E-state index contributed by atoms with van der Waals surface area (Å²) < 4.78 is 40.8. The maximum atomic E-state index is 14.3. The van der Waals surface area contributed by atoms with Crippen LogP contribution in [0, 0.1) is 0 Å². The molecule has 60 heavy (non-hydrogen) atoms. The number of nitrogens with one attached hydrogen (secondary N) is 1. The molecule has 3 heterocycles. The number of aromatic nitrogens is 2. The van der Waals surface area contributed by atoms with Crippen LogP contribution in [0.25, 0.3) is 10.9 Å². The van der Waals surface area contributed by atoms with Crippen molar-refractivity contribution in [3.63, 3.8) is 0 Å². The maximum absolute atomic E-state index is 14.3. The Bertz CT molecular complexity index is 2150. The first kappa shape index (κ1) is 44.0. The van der Waals surface area contributed by atoms with Crippen LogP contribution in [0.4, 0.5) is 10.5 Å². The SMILES string of the molecule is COC[C@H]1CN(c2ccc3c(=O)n(CCc4ccc(OC)c(OCCOCCOCCNC(=O)OC(C)(C)C)c4)c(CCN4C(=O)c5ccccc5C4=O)nc3c2)CCO1.